The topological polar surface area (TPSA) is 78.5 Å². The molecule has 1 fully saturated rings. The standard InChI is InChI=1S/C14H13N3O3/c15-4-1-5-17-12(7-11(8-16)20-17)10-2-3-13-14(6-10)19-9-18-13/h2-3,6,11-12H,1,5,7,9H2/t11-,12-/m1/s1. The number of ether oxygens (including phenoxy) is 2. The fraction of sp³-hybridized carbons (Fsp3) is 0.429. The van der Waals surface area contributed by atoms with Crippen molar-refractivity contribution in [2.24, 2.45) is 0 Å². The van der Waals surface area contributed by atoms with Crippen molar-refractivity contribution >= 4 is 0 Å². The first kappa shape index (κ1) is 12.7. The summed E-state index contributed by atoms with van der Waals surface area (Å²) in [7, 11) is 0. The molecule has 1 aromatic carbocycles. The number of rotatable bonds is 3. The normalized spacial score (nSPS) is 24.3. The van der Waals surface area contributed by atoms with Gasteiger partial charge in [-0.3, -0.25) is 4.84 Å². The van der Waals surface area contributed by atoms with E-state index >= 15 is 0 Å². The molecule has 0 saturated carbocycles. The van der Waals surface area contributed by atoms with E-state index in [0.717, 1.165) is 11.3 Å². The van der Waals surface area contributed by atoms with E-state index in [1.807, 2.05) is 18.2 Å². The molecule has 6 heteroatoms. The van der Waals surface area contributed by atoms with Crippen LogP contribution in [0, 0.1) is 22.7 Å². The van der Waals surface area contributed by atoms with Gasteiger partial charge in [0.15, 0.2) is 17.6 Å². The molecule has 6 nitrogen and oxygen atoms in total. The first-order valence-corrected chi connectivity index (χ1v) is 6.41. The summed E-state index contributed by atoms with van der Waals surface area (Å²) in [5.74, 6) is 1.44. The summed E-state index contributed by atoms with van der Waals surface area (Å²) < 4.78 is 10.7. The molecule has 2 aliphatic heterocycles. The Morgan fingerprint density at radius 1 is 1.25 bits per heavy atom. The highest BCUT2D eigenvalue weighted by Crippen LogP contribution is 2.39. The predicted molar refractivity (Wildman–Crippen MR) is 67.3 cm³/mol. The molecule has 3 rings (SSSR count). The Labute approximate surface area is 116 Å². The zero-order valence-corrected chi connectivity index (χ0v) is 10.8. The van der Waals surface area contributed by atoms with Crippen LogP contribution in [0.25, 0.3) is 0 Å². The van der Waals surface area contributed by atoms with Crippen molar-refractivity contribution in [1.82, 2.24) is 5.06 Å². The van der Waals surface area contributed by atoms with Crippen molar-refractivity contribution in [3.05, 3.63) is 23.8 Å². The largest absolute Gasteiger partial charge is 0.454 e. The van der Waals surface area contributed by atoms with E-state index in [9.17, 15) is 0 Å². The molecular formula is C14H13N3O3. The third kappa shape index (κ3) is 2.27. The van der Waals surface area contributed by atoms with Crippen LogP contribution >= 0.6 is 0 Å². The molecular weight excluding hydrogens is 258 g/mol. The zero-order chi connectivity index (χ0) is 13.9. The maximum Gasteiger partial charge on any atom is 0.231 e. The van der Waals surface area contributed by atoms with Crippen LogP contribution < -0.4 is 9.47 Å². The average Bonchev–Trinajstić information content (AvgIpc) is 3.10. The minimum Gasteiger partial charge on any atom is -0.454 e. The lowest BCUT2D eigenvalue weighted by Crippen LogP contribution is -2.23. The van der Waals surface area contributed by atoms with Gasteiger partial charge in [0.05, 0.1) is 24.6 Å². The van der Waals surface area contributed by atoms with Crippen LogP contribution in [0.1, 0.15) is 24.4 Å². The van der Waals surface area contributed by atoms with Gasteiger partial charge >= 0.3 is 0 Å². The third-order valence-corrected chi connectivity index (χ3v) is 3.42. The first-order valence-electron chi connectivity index (χ1n) is 6.41. The maximum absolute atomic E-state index is 9.02. The minimum atomic E-state index is -0.468. The predicted octanol–water partition coefficient (Wildman–Crippen LogP) is 1.90. The van der Waals surface area contributed by atoms with Crippen LogP contribution in [-0.2, 0) is 4.84 Å². The molecule has 2 aliphatic rings. The summed E-state index contributed by atoms with van der Waals surface area (Å²) in [5.41, 5.74) is 1.00. The second-order valence-corrected chi connectivity index (χ2v) is 4.64. The summed E-state index contributed by atoms with van der Waals surface area (Å²) in [6.45, 7) is 0.715. The van der Waals surface area contributed by atoms with E-state index in [2.05, 4.69) is 12.1 Å². The van der Waals surface area contributed by atoms with E-state index in [-0.39, 0.29) is 12.8 Å². The molecule has 0 amide bonds. The van der Waals surface area contributed by atoms with E-state index in [0.29, 0.717) is 25.1 Å². The zero-order valence-electron chi connectivity index (χ0n) is 10.8. The lowest BCUT2D eigenvalue weighted by Gasteiger charge is -2.21. The molecule has 2 atom stereocenters. The Morgan fingerprint density at radius 2 is 2.10 bits per heavy atom. The fourth-order valence-corrected chi connectivity index (χ4v) is 2.47. The van der Waals surface area contributed by atoms with Gasteiger partial charge in [0.2, 0.25) is 6.79 Å². The lowest BCUT2D eigenvalue weighted by atomic mass is 10.0. The quantitative estimate of drug-likeness (QED) is 0.835. The number of hydrogen-bond acceptors (Lipinski definition) is 6. The smallest absolute Gasteiger partial charge is 0.231 e. The van der Waals surface area contributed by atoms with Gasteiger partial charge in [0, 0.05) is 13.0 Å². The molecule has 0 aliphatic carbocycles. The Hall–Kier alpha value is -2.28. The summed E-state index contributed by atoms with van der Waals surface area (Å²) >= 11 is 0. The molecule has 1 saturated heterocycles. The van der Waals surface area contributed by atoms with Crippen LogP contribution in [-0.4, -0.2) is 24.5 Å². The molecule has 1 aromatic rings. The van der Waals surface area contributed by atoms with Crippen molar-refractivity contribution in [2.45, 2.75) is 25.0 Å². The number of fused-ring (bicyclic) bond motifs is 1. The van der Waals surface area contributed by atoms with Crippen molar-refractivity contribution < 1.29 is 14.3 Å². The van der Waals surface area contributed by atoms with Gasteiger partial charge in [-0.25, -0.2) is 0 Å². The number of hydrogen-bond donors (Lipinski definition) is 0. The van der Waals surface area contributed by atoms with E-state index in [4.69, 9.17) is 24.8 Å². The van der Waals surface area contributed by atoms with E-state index in [1.165, 1.54) is 0 Å². The molecule has 0 bridgehead atoms. The number of benzene rings is 1. The van der Waals surface area contributed by atoms with Gasteiger partial charge in [0.25, 0.3) is 0 Å². The van der Waals surface area contributed by atoms with Crippen LogP contribution in [0.2, 0.25) is 0 Å². The van der Waals surface area contributed by atoms with Crippen LogP contribution in [0.15, 0.2) is 18.2 Å². The Kier molecular flexibility index (Phi) is 3.42. The number of hydroxylamine groups is 2. The highest BCUT2D eigenvalue weighted by molar-refractivity contribution is 5.45. The Morgan fingerprint density at radius 3 is 2.90 bits per heavy atom. The molecule has 0 N–H and O–H groups in total. The second-order valence-electron chi connectivity index (χ2n) is 4.64. The average molecular weight is 271 g/mol. The Balaban J connectivity index is 1.83. The molecule has 0 spiro atoms. The van der Waals surface area contributed by atoms with Crippen molar-refractivity contribution in [2.75, 3.05) is 13.3 Å². The maximum atomic E-state index is 9.02. The Bertz CT molecular complexity index is 590. The highest BCUT2D eigenvalue weighted by atomic mass is 16.7. The van der Waals surface area contributed by atoms with Gasteiger partial charge in [0.1, 0.15) is 0 Å². The molecule has 102 valence electrons. The van der Waals surface area contributed by atoms with Crippen LogP contribution in [0.3, 0.4) is 0 Å². The van der Waals surface area contributed by atoms with Crippen LogP contribution in [0.5, 0.6) is 11.5 Å². The van der Waals surface area contributed by atoms with Crippen molar-refractivity contribution in [1.29, 1.82) is 10.5 Å². The number of nitrogens with zero attached hydrogens (tertiary/aromatic N) is 3. The van der Waals surface area contributed by atoms with E-state index < -0.39 is 6.10 Å². The molecule has 0 aromatic heterocycles. The monoisotopic (exact) mass is 271 g/mol. The molecule has 0 unspecified atom stereocenters. The van der Waals surface area contributed by atoms with Crippen molar-refractivity contribution in [3.8, 4) is 23.6 Å². The van der Waals surface area contributed by atoms with Gasteiger partial charge in [-0.1, -0.05) is 6.07 Å². The van der Waals surface area contributed by atoms with Gasteiger partial charge in [-0.05, 0) is 17.7 Å². The van der Waals surface area contributed by atoms with Gasteiger partial charge < -0.3 is 9.47 Å². The molecule has 20 heavy (non-hydrogen) atoms. The molecule has 0 radical (unpaired) electrons. The minimum absolute atomic E-state index is 0.0394. The third-order valence-electron chi connectivity index (χ3n) is 3.42. The summed E-state index contributed by atoms with van der Waals surface area (Å²) in [5, 5.41) is 19.4. The van der Waals surface area contributed by atoms with Crippen LogP contribution in [0.4, 0.5) is 0 Å². The number of nitriles is 2. The first-order chi connectivity index (χ1) is 9.81. The summed E-state index contributed by atoms with van der Waals surface area (Å²) in [4.78, 5) is 5.55. The molecule has 2 heterocycles. The fourth-order valence-electron chi connectivity index (χ4n) is 2.47. The summed E-state index contributed by atoms with van der Waals surface area (Å²) in [6.07, 6.45) is 0.477. The highest BCUT2D eigenvalue weighted by Gasteiger charge is 2.35. The van der Waals surface area contributed by atoms with Gasteiger partial charge in [-0.2, -0.15) is 15.6 Å². The SMILES string of the molecule is N#CCCN1O[C@@H](C#N)C[C@@H]1c1ccc2c(c1)OCO2. The van der Waals surface area contributed by atoms with Crippen molar-refractivity contribution in [3.63, 3.8) is 0 Å². The summed E-state index contributed by atoms with van der Waals surface area (Å²) in [6, 6.07) is 9.89. The second kappa shape index (κ2) is 5.38. The lowest BCUT2D eigenvalue weighted by molar-refractivity contribution is -0.148. The van der Waals surface area contributed by atoms with Gasteiger partial charge in [-0.15, -0.1) is 0 Å². The van der Waals surface area contributed by atoms with E-state index in [1.54, 1.807) is 5.06 Å².